The first-order valence-corrected chi connectivity index (χ1v) is 12.3. The first-order valence-electron chi connectivity index (χ1n) is 11.5. The van der Waals surface area contributed by atoms with Crippen LogP contribution in [0.1, 0.15) is 57.4 Å². The number of ether oxygens (including phenoxy) is 1. The highest BCUT2D eigenvalue weighted by Gasteiger charge is 2.23. The molecule has 1 atom stereocenters. The van der Waals surface area contributed by atoms with E-state index in [1.807, 2.05) is 6.07 Å². The van der Waals surface area contributed by atoms with Crippen molar-refractivity contribution in [2.24, 2.45) is 0 Å². The molecule has 8 heteroatoms. The molecule has 1 heterocycles. The summed E-state index contributed by atoms with van der Waals surface area (Å²) < 4.78 is 34.2. The number of fused-ring (bicyclic) bond motifs is 1. The van der Waals surface area contributed by atoms with Crippen molar-refractivity contribution in [3.63, 3.8) is 0 Å². The summed E-state index contributed by atoms with van der Waals surface area (Å²) in [5.74, 6) is -0.395. The van der Waals surface area contributed by atoms with E-state index < -0.39 is 29.3 Å². The van der Waals surface area contributed by atoms with Crippen molar-refractivity contribution in [1.82, 2.24) is 4.98 Å². The summed E-state index contributed by atoms with van der Waals surface area (Å²) >= 11 is 1.23. The lowest BCUT2D eigenvalue weighted by Crippen LogP contribution is -2.27. The number of amides is 1. The molecule has 4 aromatic rings. The number of nitrogens with zero attached hydrogens (tertiary/aromatic N) is 1. The highest BCUT2D eigenvalue weighted by atomic mass is 32.1. The van der Waals surface area contributed by atoms with E-state index in [0.29, 0.717) is 43.2 Å². The van der Waals surface area contributed by atoms with E-state index in [0.717, 1.165) is 0 Å². The van der Waals surface area contributed by atoms with Gasteiger partial charge in [-0.2, -0.15) is 0 Å². The number of carbonyl (C=O) groups excluding carboxylic acids is 1. The van der Waals surface area contributed by atoms with Crippen LogP contribution < -0.4 is 5.32 Å². The zero-order valence-electron chi connectivity index (χ0n) is 20.7. The number of benzene rings is 3. The van der Waals surface area contributed by atoms with Crippen LogP contribution in [0.3, 0.4) is 0 Å². The first kappa shape index (κ1) is 25.7. The van der Waals surface area contributed by atoms with E-state index in [1.54, 1.807) is 51.1 Å². The number of aliphatic hydroxyl groups is 1. The van der Waals surface area contributed by atoms with Gasteiger partial charge in [0.1, 0.15) is 23.2 Å². The topological polar surface area (TPSA) is 71.5 Å². The van der Waals surface area contributed by atoms with Gasteiger partial charge in [-0.25, -0.2) is 18.6 Å². The van der Waals surface area contributed by atoms with E-state index in [-0.39, 0.29) is 0 Å². The van der Waals surface area contributed by atoms with Crippen LogP contribution in [0.25, 0.3) is 21.3 Å². The minimum Gasteiger partial charge on any atom is -0.444 e. The van der Waals surface area contributed by atoms with Gasteiger partial charge in [-0.1, -0.05) is 41.7 Å². The highest BCUT2D eigenvalue weighted by Crippen LogP contribution is 2.39. The summed E-state index contributed by atoms with van der Waals surface area (Å²) in [4.78, 5) is 16.9. The van der Waals surface area contributed by atoms with Gasteiger partial charge in [-0.05, 0) is 87.2 Å². The molecule has 0 saturated carbocycles. The Morgan fingerprint density at radius 2 is 1.72 bits per heavy atom. The molecule has 1 unspecified atom stereocenters. The minimum atomic E-state index is -1.55. The zero-order valence-corrected chi connectivity index (χ0v) is 21.5. The van der Waals surface area contributed by atoms with Crippen LogP contribution >= 0.6 is 11.3 Å². The van der Waals surface area contributed by atoms with E-state index in [1.165, 1.54) is 49.4 Å². The number of hydrogen-bond acceptors (Lipinski definition) is 5. The fourth-order valence-corrected chi connectivity index (χ4v) is 4.69. The standard InChI is InChI=1S/C28H28F2N2O3S/c1-27(2,3)35-26(34)32-25-31-23-21(17-7-6-8-19(13-17)28(4,5)30)14-18(15-22(23)36-25)24(33)16-9-11-20(29)12-10-16/h6-15,24,33H,1-5H3,(H,31,32,34). The number of carbonyl (C=O) groups is 1. The van der Waals surface area contributed by atoms with E-state index >= 15 is 0 Å². The van der Waals surface area contributed by atoms with Gasteiger partial charge in [0.05, 0.1) is 10.2 Å². The number of thiazole rings is 1. The van der Waals surface area contributed by atoms with Crippen molar-refractivity contribution in [2.75, 3.05) is 5.32 Å². The van der Waals surface area contributed by atoms with Crippen molar-refractivity contribution in [3.05, 3.63) is 83.2 Å². The average molecular weight is 511 g/mol. The second-order valence-corrected chi connectivity index (χ2v) is 11.1. The molecule has 5 nitrogen and oxygen atoms in total. The second-order valence-electron chi connectivity index (χ2n) is 10.1. The molecule has 0 fully saturated rings. The predicted molar refractivity (Wildman–Crippen MR) is 140 cm³/mol. The largest absolute Gasteiger partial charge is 0.444 e. The number of aromatic nitrogens is 1. The molecular formula is C28H28F2N2O3S. The van der Waals surface area contributed by atoms with Gasteiger partial charge in [-0.15, -0.1) is 0 Å². The quantitative estimate of drug-likeness (QED) is 0.288. The fraction of sp³-hybridized carbons (Fsp3) is 0.286. The van der Waals surface area contributed by atoms with Gasteiger partial charge in [0.2, 0.25) is 0 Å². The Morgan fingerprint density at radius 1 is 1.03 bits per heavy atom. The number of rotatable bonds is 5. The van der Waals surface area contributed by atoms with Gasteiger partial charge in [0.25, 0.3) is 0 Å². The van der Waals surface area contributed by atoms with Crippen LogP contribution in [-0.4, -0.2) is 21.8 Å². The molecule has 0 spiro atoms. The number of aliphatic hydroxyl groups excluding tert-OH is 1. The zero-order chi connectivity index (χ0) is 26.3. The Balaban J connectivity index is 1.83. The summed E-state index contributed by atoms with van der Waals surface area (Å²) in [6.45, 7) is 8.28. The number of hydrogen-bond donors (Lipinski definition) is 2. The smallest absolute Gasteiger partial charge is 0.413 e. The SMILES string of the molecule is CC(C)(C)OC(=O)Nc1nc2c(-c3cccc(C(C)(C)F)c3)cc(C(O)c3ccc(F)cc3)cc2s1. The van der Waals surface area contributed by atoms with Gasteiger partial charge in [0.15, 0.2) is 5.13 Å². The van der Waals surface area contributed by atoms with Crippen molar-refractivity contribution in [1.29, 1.82) is 0 Å². The lowest BCUT2D eigenvalue weighted by molar-refractivity contribution is 0.0636. The van der Waals surface area contributed by atoms with Crippen LogP contribution in [0.2, 0.25) is 0 Å². The van der Waals surface area contributed by atoms with E-state index in [4.69, 9.17) is 4.74 Å². The minimum absolute atomic E-state index is 0.330. The fourth-order valence-electron chi connectivity index (χ4n) is 3.77. The molecule has 4 rings (SSSR count). The molecule has 0 aliphatic rings. The molecule has 36 heavy (non-hydrogen) atoms. The summed E-state index contributed by atoms with van der Waals surface area (Å²) in [6.07, 6.45) is -1.66. The highest BCUT2D eigenvalue weighted by molar-refractivity contribution is 7.22. The molecule has 1 aromatic heterocycles. The lowest BCUT2D eigenvalue weighted by Gasteiger charge is -2.18. The molecule has 0 aliphatic carbocycles. The molecule has 0 bridgehead atoms. The summed E-state index contributed by atoms with van der Waals surface area (Å²) in [6, 6.07) is 16.3. The van der Waals surface area contributed by atoms with Crippen molar-refractivity contribution >= 4 is 32.8 Å². The summed E-state index contributed by atoms with van der Waals surface area (Å²) in [5.41, 5.74) is 1.34. The summed E-state index contributed by atoms with van der Waals surface area (Å²) in [7, 11) is 0. The van der Waals surface area contributed by atoms with Crippen LogP contribution in [0.4, 0.5) is 18.7 Å². The Bertz CT molecular complexity index is 1400. The normalized spacial score (nSPS) is 13.0. The Kier molecular flexibility index (Phi) is 6.86. The summed E-state index contributed by atoms with van der Waals surface area (Å²) in [5, 5.41) is 14.1. The second kappa shape index (κ2) is 9.59. The van der Waals surface area contributed by atoms with Crippen LogP contribution in [0.15, 0.2) is 60.7 Å². The molecular weight excluding hydrogens is 482 g/mol. The number of alkyl halides is 1. The molecule has 0 radical (unpaired) electrons. The van der Waals surface area contributed by atoms with Crippen LogP contribution in [-0.2, 0) is 10.4 Å². The van der Waals surface area contributed by atoms with Crippen LogP contribution in [0, 0.1) is 5.82 Å². The molecule has 3 aromatic carbocycles. The average Bonchev–Trinajstić information content (AvgIpc) is 3.18. The Morgan fingerprint density at radius 3 is 2.36 bits per heavy atom. The lowest BCUT2D eigenvalue weighted by atomic mass is 9.93. The first-order chi connectivity index (χ1) is 16.8. The maximum atomic E-state index is 14.7. The van der Waals surface area contributed by atoms with Gasteiger partial charge < -0.3 is 9.84 Å². The van der Waals surface area contributed by atoms with Crippen molar-refractivity contribution in [2.45, 2.75) is 52.0 Å². The van der Waals surface area contributed by atoms with E-state index in [2.05, 4.69) is 10.3 Å². The third-order valence-corrected chi connectivity index (χ3v) is 6.40. The molecule has 188 valence electrons. The van der Waals surface area contributed by atoms with Gasteiger partial charge in [0, 0.05) is 5.56 Å². The number of anilines is 1. The third-order valence-electron chi connectivity index (χ3n) is 5.49. The number of halogens is 2. The van der Waals surface area contributed by atoms with Crippen molar-refractivity contribution in [3.8, 4) is 11.1 Å². The monoisotopic (exact) mass is 510 g/mol. The predicted octanol–water partition coefficient (Wildman–Crippen LogP) is 7.74. The van der Waals surface area contributed by atoms with E-state index in [9.17, 15) is 18.7 Å². The molecule has 0 saturated heterocycles. The van der Waals surface area contributed by atoms with Crippen molar-refractivity contribution < 1.29 is 23.4 Å². The van der Waals surface area contributed by atoms with Crippen LogP contribution in [0.5, 0.6) is 0 Å². The molecule has 2 N–H and O–H groups in total. The Hall–Kier alpha value is -3.36. The molecule has 1 amide bonds. The maximum absolute atomic E-state index is 14.7. The van der Waals surface area contributed by atoms with Gasteiger partial charge in [-0.3, -0.25) is 5.32 Å². The maximum Gasteiger partial charge on any atom is 0.413 e. The number of nitrogens with one attached hydrogen (secondary N) is 1. The Labute approximate surface area is 212 Å². The van der Waals surface area contributed by atoms with Gasteiger partial charge >= 0.3 is 6.09 Å². The third kappa shape index (κ3) is 5.88. The molecule has 0 aliphatic heterocycles.